The molecule has 4 aromatic rings. The molecule has 0 unspecified atom stereocenters. The molecule has 160 valence electrons. The lowest BCUT2D eigenvalue weighted by Gasteiger charge is -2.23. The average molecular weight is 498 g/mol. The molecule has 0 bridgehead atoms. The van der Waals surface area contributed by atoms with Crippen LogP contribution in [0.25, 0.3) is 21.5 Å². The van der Waals surface area contributed by atoms with Crippen molar-refractivity contribution in [2.45, 2.75) is 6.54 Å². The highest BCUT2D eigenvalue weighted by molar-refractivity contribution is 9.10. The van der Waals surface area contributed by atoms with Crippen molar-refractivity contribution in [2.75, 3.05) is 25.6 Å². The molecule has 2 amide bonds. The smallest absolute Gasteiger partial charge is 0.322 e. The van der Waals surface area contributed by atoms with Gasteiger partial charge in [-0.15, -0.1) is 11.3 Å². The minimum Gasteiger partial charge on any atom is -0.383 e. The van der Waals surface area contributed by atoms with Gasteiger partial charge in [0.15, 0.2) is 0 Å². The summed E-state index contributed by atoms with van der Waals surface area (Å²) >= 11 is 5.17. The molecule has 0 aliphatic rings. The lowest BCUT2D eigenvalue weighted by molar-refractivity contribution is 0.153. The number of aromatic nitrogens is 1. The Morgan fingerprint density at radius 1 is 1.16 bits per heavy atom. The van der Waals surface area contributed by atoms with Crippen molar-refractivity contribution >= 4 is 49.9 Å². The van der Waals surface area contributed by atoms with Gasteiger partial charge in [0.1, 0.15) is 0 Å². The number of thiophene rings is 1. The van der Waals surface area contributed by atoms with Crippen LogP contribution in [0.15, 0.2) is 70.5 Å². The summed E-state index contributed by atoms with van der Waals surface area (Å²) in [6.45, 7) is 1.44. The topological polar surface area (TPSA) is 46.5 Å². The number of aryl methyl sites for hydroxylation is 1. The van der Waals surface area contributed by atoms with E-state index in [0.717, 1.165) is 32.3 Å². The van der Waals surface area contributed by atoms with E-state index in [2.05, 4.69) is 62.5 Å². The fourth-order valence-corrected chi connectivity index (χ4v) is 5.00. The van der Waals surface area contributed by atoms with E-state index in [1.54, 1.807) is 18.4 Å². The summed E-state index contributed by atoms with van der Waals surface area (Å²) in [5.74, 6) is 0. The Kier molecular flexibility index (Phi) is 6.75. The number of amides is 2. The van der Waals surface area contributed by atoms with Gasteiger partial charge in [0.05, 0.1) is 23.7 Å². The molecule has 0 saturated carbocycles. The standard InChI is InChI=1S/C24H24BrN3O2S/c1-27-21-10-4-3-9-19(21)20(23(27)22-11-6-14-31-22)16-28(12-13-30-2)24(29)26-18-8-5-7-17(25)15-18/h3-11,14-15H,12-13,16H2,1-2H3,(H,26,29). The molecule has 2 aromatic carbocycles. The maximum absolute atomic E-state index is 13.2. The Hall–Kier alpha value is -2.61. The summed E-state index contributed by atoms with van der Waals surface area (Å²) in [7, 11) is 3.74. The normalized spacial score (nSPS) is 11.1. The highest BCUT2D eigenvalue weighted by Crippen LogP contribution is 2.36. The number of hydrogen-bond acceptors (Lipinski definition) is 3. The second-order valence-corrected chi connectivity index (χ2v) is 9.10. The first kappa shape index (κ1) is 21.6. The molecule has 31 heavy (non-hydrogen) atoms. The molecule has 1 N–H and O–H groups in total. The van der Waals surface area contributed by atoms with Gasteiger partial charge in [-0.2, -0.15) is 0 Å². The van der Waals surface area contributed by atoms with Crippen LogP contribution in [0.3, 0.4) is 0 Å². The molecule has 0 atom stereocenters. The summed E-state index contributed by atoms with van der Waals surface area (Å²) in [4.78, 5) is 16.2. The van der Waals surface area contributed by atoms with Crippen LogP contribution in [0.2, 0.25) is 0 Å². The minimum absolute atomic E-state index is 0.153. The Morgan fingerprint density at radius 2 is 2.00 bits per heavy atom. The number of anilines is 1. The first-order valence-corrected chi connectivity index (χ1v) is 11.7. The number of halogens is 1. The van der Waals surface area contributed by atoms with E-state index in [1.807, 2.05) is 41.3 Å². The molecular formula is C24H24BrN3O2S. The zero-order chi connectivity index (χ0) is 21.8. The van der Waals surface area contributed by atoms with E-state index in [-0.39, 0.29) is 6.03 Å². The highest BCUT2D eigenvalue weighted by Gasteiger charge is 2.22. The van der Waals surface area contributed by atoms with Gasteiger partial charge in [-0.05, 0) is 35.7 Å². The van der Waals surface area contributed by atoms with Crippen LogP contribution in [-0.4, -0.2) is 35.8 Å². The van der Waals surface area contributed by atoms with E-state index < -0.39 is 0 Å². The second-order valence-electron chi connectivity index (χ2n) is 7.24. The second kappa shape index (κ2) is 9.68. The molecular weight excluding hydrogens is 474 g/mol. The number of ether oxygens (including phenoxy) is 1. The minimum atomic E-state index is -0.153. The van der Waals surface area contributed by atoms with Crippen molar-refractivity contribution < 1.29 is 9.53 Å². The lowest BCUT2D eigenvalue weighted by Crippen LogP contribution is -2.37. The number of fused-ring (bicyclic) bond motifs is 1. The number of benzene rings is 2. The fourth-order valence-electron chi connectivity index (χ4n) is 3.77. The van der Waals surface area contributed by atoms with Crippen molar-refractivity contribution in [1.29, 1.82) is 0 Å². The third kappa shape index (κ3) is 4.69. The number of nitrogens with one attached hydrogen (secondary N) is 1. The highest BCUT2D eigenvalue weighted by atomic mass is 79.9. The molecule has 0 fully saturated rings. The van der Waals surface area contributed by atoms with Crippen LogP contribution >= 0.6 is 27.3 Å². The van der Waals surface area contributed by atoms with Crippen molar-refractivity contribution in [2.24, 2.45) is 7.05 Å². The number of urea groups is 1. The Labute approximate surface area is 194 Å². The van der Waals surface area contributed by atoms with Gasteiger partial charge in [0, 0.05) is 47.3 Å². The Balaban J connectivity index is 1.71. The van der Waals surface area contributed by atoms with Gasteiger partial charge in [-0.25, -0.2) is 4.79 Å². The van der Waals surface area contributed by atoms with Crippen LogP contribution in [0.5, 0.6) is 0 Å². The third-order valence-electron chi connectivity index (χ3n) is 5.24. The maximum atomic E-state index is 13.2. The number of carbonyl (C=O) groups excluding carboxylic acids is 1. The number of rotatable bonds is 7. The van der Waals surface area contributed by atoms with E-state index in [0.29, 0.717) is 19.7 Å². The first-order chi connectivity index (χ1) is 15.1. The summed E-state index contributed by atoms with van der Waals surface area (Å²) in [5.41, 5.74) is 4.19. The summed E-state index contributed by atoms with van der Waals surface area (Å²) < 4.78 is 8.43. The van der Waals surface area contributed by atoms with E-state index in [1.165, 1.54) is 4.88 Å². The van der Waals surface area contributed by atoms with Gasteiger partial charge in [-0.1, -0.05) is 46.3 Å². The predicted octanol–water partition coefficient (Wildman–Crippen LogP) is 6.35. The number of methoxy groups -OCH3 is 1. The van der Waals surface area contributed by atoms with Crippen molar-refractivity contribution in [3.63, 3.8) is 0 Å². The van der Waals surface area contributed by atoms with Crippen molar-refractivity contribution in [3.8, 4) is 10.6 Å². The van der Waals surface area contributed by atoms with Gasteiger partial charge in [0.25, 0.3) is 0 Å². The van der Waals surface area contributed by atoms with Crippen molar-refractivity contribution in [3.05, 3.63) is 76.1 Å². The molecule has 0 aliphatic heterocycles. The SMILES string of the molecule is COCCN(Cc1c(-c2cccs2)n(C)c2ccccc12)C(=O)Nc1cccc(Br)c1. The molecule has 7 heteroatoms. The van der Waals surface area contributed by atoms with Gasteiger partial charge in [-0.3, -0.25) is 0 Å². The molecule has 5 nitrogen and oxygen atoms in total. The third-order valence-corrected chi connectivity index (χ3v) is 6.61. The Bertz CT molecular complexity index is 1190. The van der Waals surface area contributed by atoms with Crippen molar-refractivity contribution in [1.82, 2.24) is 9.47 Å². The van der Waals surface area contributed by atoms with Crippen LogP contribution in [0, 0.1) is 0 Å². The molecule has 2 heterocycles. The Morgan fingerprint density at radius 3 is 2.74 bits per heavy atom. The number of carbonyl (C=O) groups is 1. The van der Waals surface area contributed by atoms with Crippen LogP contribution in [0.4, 0.5) is 10.5 Å². The lowest BCUT2D eigenvalue weighted by atomic mass is 10.1. The zero-order valence-corrected chi connectivity index (χ0v) is 19.9. The molecule has 0 aliphatic carbocycles. The number of hydrogen-bond donors (Lipinski definition) is 1. The van der Waals surface area contributed by atoms with Gasteiger partial charge in [0.2, 0.25) is 0 Å². The zero-order valence-electron chi connectivity index (χ0n) is 17.5. The number of nitrogens with zero attached hydrogens (tertiary/aromatic N) is 2. The molecule has 2 aromatic heterocycles. The first-order valence-electron chi connectivity index (χ1n) is 9.99. The van der Waals surface area contributed by atoms with E-state index in [4.69, 9.17) is 4.74 Å². The molecule has 4 rings (SSSR count). The molecule has 0 saturated heterocycles. The van der Waals surface area contributed by atoms with Gasteiger partial charge < -0.3 is 19.5 Å². The average Bonchev–Trinajstić information content (AvgIpc) is 3.38. The monoisotopic (exact) mass is 497 g/mol. The number of para-hydroxylation sites is 1. The van der Waals surface area contributed by atoms with E-state index >= 15 is 0 Å². The van der Waals surface area contributed by atoms with Crippen LogP contribution in [-0.2, 0) is 18.3 Å². The van der Waals surface area contributed by atoms with Crippen LogP contribution < -0.4 is 5.32 Å². The largest absolute Gasteiger partial charge is 0.383 e. The molecule has 0 spiro atoms. The maximum Gasteiger partial charge on any atom is 0.322 e. The summed E-state index contributed by atoms with van der Waals surface area (Å²) in [5, 5.41) is 6.26. The molecule has 0 radical (unpaired) electrons. The predicted molar refractivity (Wildman–Crippen MR) is 132 cm³/mol. The van der Waals surface area contributed by atoms with Gasteiger partial charge >= 0.3 is 6.03 Å². The summed E-state index contributed by atoms with van der Waals surface area (Å²) in [6, 6.07) is 20.0. The summed E-state index contributed by atoms with van der Waals surface area (Å²) in [6.07, 6.45) is 0. The quantitative estimate of drug-likeness (QED) is 0.323. The van der Waals surface area contributed by atoms with Crippen LogP contribution in [0.1, 0.15) is 5.56 Å². The fraction of sp³-hybridized carbons (Fsp3) is 0.208. The van der Waals surface area contributed by atoms with E-state index in [9.17, 15) is 4.79 Å².